The lowest BCUT2D eigenvalue weighted by Crippen LogP contribution is -2.55. The Hall–Kier alpha value is -1.79. The summed E-state index contributed by atoms with van der Waals surface area (Å²) in [5.41, 5.74) is 0. The number of nitrogens with one attached hydrogen (secondary N) is 1. The highest BCUT2D eigenvalue weighted by molar-refractivity contribution is 5.86. The predicted octanol–water partition coefficient (Wildman–Crippen LogP) is 0.887. The lowest BCUT2D eigenvalue weighted by atomic mass is 9.98. The lowest BCUT2D eigenvalue weighted by molar-refractivity contribution is -0.145. The molecule has 1 aliphatic heterocycles. The molecular weight excluding hydrogens is 252 g/mol. The van der Waals surface area contributed by atoms with Crippen molar-refractivity contribution in [3.05, 3.63) is 0 Å². The van der Waals surface area contributed by atoms with E-state index in [0.717, 1.165) is 19.3 Å². The van der Waals surface area contributed by atoms with Crippen LogP contribution in [0.4, 0.5) is 4.79 Å². The number of urea groups is 1. The molecule has 1 saturated heterocycles. The van der Waals surface area contributed by atoms with Crippen LogP contribution in [0.3, 0.4) is 0 Å². The van der Waals surface area contributed by atoms with Gasteiger partial charge in [0, 0.05) is 12.1 Å². The minimum atomic E-state index is -1.40. The zero-order chi connectivity index (χ0) is 14.6. The van der Waals surface area contributed by atoms with Crippen LogP contribution < -0.4 is 5.32 Å². The number of likely N-dealkylation sites (tertiary alicyclic amines) is 1. The third-order valence-electron chi connectivity index (χ3n) is 3.40. The maximum Gasteiger partial charge on any atom is 0.326 e. The molecule has 3 atom stereocenters. The van der Waals surface area contributed by atoms with E-state index in [0.29, 0.717) is 0 Å². The van der Waals surface area contributed by atoms with Gasteiger partial charge in [-0.15, -0.1) is 0 Å². The van der Waals surface area contributed by atoms with E-state index >= 15 is 0 Å². The van der Waals surface area contributed by atoms with Crippen LogP contribution in [0.5, 0.6) is 0 Å². The van der Waals surface area contributed by atoms with E-state index in [1.807, 2.05) is 13.8 Å². The van der Waals surface area contributed by atoms with Crippen LogP contribution in [0.2, 0.25) is 0 Å². The van der Waals surface area contributed by atoms with Crippen molar-refractivity contribution >= 4 is 18.0 Å². The number of carboxylic acid groups (broad SMARTS) is 2. The summed E-state index contributed by atoms with van der Waals surface area (Å²) < 4.78 is 0. The Morgan fingerprint density at radius 2 is 1.74 bits per heavy atom. The van der Waals surface area contributed by atoms with Crippen LogP contribution in [0.25, 0.3) is 0 Å². The van der Waals surface area contributed by atoms with Gasteiger partial charge < -0.3 is 20.4 Å². The number of carbonyl (C=O) groups excluding carboxylic acids is 1. The maximum atomic E-state index is 12.1. The first-order chi connectivity index (χ1) is 8.82. The molecule has 0 saturated carbocycles. The topological polar surface area (TPSA) is 107 Å². The molecule has 1 heterocycles. The Labute approximate surface area is 111 Å². The minimum absolute atomic E-state index is 0.0306. The molecule has 7 heteroatoms. The fraction of sp³-hybridized carbons (Fsp3) is 0.750. The number of piperidine rings is 1. The molecule has 0 spiro atoms. The highest BCUT2D eigenvalue weighted by Gasteiger charge is 2.32. The SMILES string of the molecule is C[C@@H]1CCC[C@H](C)N1C(=O)NC(CC(=O)O)C(=O)O. The first-order valence-electron chi connectivity index (χ1n) is 6.36. The third kappa shape index (κ3) is 4.11. The van der Waals surface area contributed by atoms with Crippen LogP contribution in [-0.2, 0) is 9.59 Å². The van der Waals surface area contributed by atoms with Crippen molar-refractivity contribution in [3.8, 4) is 0 Å². The molecule has 0 aromatic carbocycles. The number of carbonyl (C=O) groups is 3. The summed E-state index contributed by atoms with van der Waals surface area (Å²) in [5, 5.41) is 19.8. The molecule has 0 aromatic rings. The number of aliphatic carboxylic acids is 2. The summed E-state index contributed by atoms with van der Waals surface area (Å²) in [6.07, 6.45) is 2.14. The van der Waals surface area contributed by atoms with E-state index in [2.05, 4.69) is 5.32 Å². The van der Waals surface area contributed by atoms with Gasteiger partial charge in [-0.2, -0.15) is 0 Å². The molecular formula is C12H20N2O5. The normalized spacial score (nSPS) is 24.6. The summed E-state index contributed by atoms with van der Waals surface area (Å²) in [6.45, 7) is 3.81. The van der Waals surface area contributed by atoms with E-state index in [9.17, 15) is 14.4 Å². The van der Waals surface area contributed by atoms with Gasteiger partial charge in [-0.05, 0) is 33.1 Å². The van der Waals surface area contributed by atoms with Gasteiger partial charge in [0.25, 0.3) is 0 Å². The van der Waals surface area contributed by atoms with Gasteiger partial charge in [0.2, 0.25) is 0 Å². The van der Waals surface area contributed by atoms with Crippen molar-refractivity contribution in [2.45, 2.75) is 57.7 Å². The molecule has 19 heavy (non-hydrogen) atoms. The quantitative estimate of drug-likeness (QED) is 0.704. The number of hydrogen-bond donors (Lipinski definition) is 3. The van der Waals surface area contributed by atoms with Gasteiger partial charge in [-0.25, -0.2) is 9.59 Å². The average Bonchev–Trinajstić information content (AvgIpc) is 2.27. The summed E-state index contributed by atoms with van der Waals surface area (Å²) in [6, 6.07) is -1.84. The fourth-order valence-corrected chi connectivity index (χ4v) is 2.42. The van der Waals surface area contributed by atoms with Crippen molar-refractivity contribution in [2.75, 3.05) is 0 Å². The van der Waals surface area contributed by atoms with Crippen molar-refractivity contribution < 1.29 is 24.6 Å². The van der Waals surface area contributed by atoms with E-state index in [4.69, 9.17) is 10.2 Å². The molecule has 108 valence electrons. The smallest absolute Gasteiger partial charge is 0.326 e. The standard InChI is InChI=1S/C12H20N2O5/c1-7-4-3-5-8(2)14(7)12(19)13-9(11(17)18)6-10(15)16/h7-9H,3-6H2,1-2H3,(H,13,19)(H,15,16)(H,17,18)/t7-,8+,9?. The molecule has 0 aromatic heterocycles. The Kier molecular flexibility index (Phi) is 5.14. The fourth-order valence-electron chi connectivity index (χ4n) is 2.42. The van der Waals surface area contributed by atoms with Crippen molar-refractivity contribution in [2.24, 2.45) is 0 Å². The van der Waals surface area contributed by atoms with E-state index in [-0.39, 0.29) is 12.1 Å². The zero-order valence-electron chi connectivity index (χ0n) is 11.1. The Morgan fingerprint density at radius 3 is 2.16 bits per heavy atom. The van der Waals surface area contributed by atoms with Gasteiger partial charge in [0.05, 0.1) is 6.42 Å². The van der Waals surface area contributed by atoms with E-state index in [1.54, 1.807) is 4.90 Å². The molecule has 1 unspecified atom stereocenters. The molecule has 3 N–H and O–H groups in total. The summed E-state index contributed by atoms with van der Waals surface area (Å²) in [4.78, 5) is 35.2. The predicted molar refractivity (Wildman–Crippen MR) is 66.8 cm³/mol. The monoisotopic (exact) mass is 272 g/mol. The van der Waals surface area contributed by atoms with E-state index < -0.39 is 30.4 Å². The van der Waals surface area contributed by atoms with Crippen molar-refractivity contribution in [1.82, 2.24) is 10.2 Å². The van der Waals surface area contributed by atoms with Crippen LogP contribution in [0.1, 0.15) is 39.5 Å². The Balaban J connectivity index is 2.70. The summed E-state index contributed by atoms with van der Waals surface area (Å²) >= 11 is 0. The number of amides is 2. The van der Waals surface area contributed by atoms with Gasteiger partial charge in [-0.3, -0.25) is 4.79 Å². The number of carboxylic acids is 2. The number of nitrogens with zero attached hydrogens (tertiary/aromatic N) is 1. The molecule has 7 nitrogen and oxygen atoms in total. The van der Waals surface area contributed by atoms with Crippen molar-refractivity contribution in [1.29, 1.82) is 0 Å². The molecule has 1 aliphatic rings. The van der Waals surface area contributed by atoms with Crippen molar-refractivity contribution in [3.63, 3.8) is 0 Å². The van der Waals surface area contributed by atoms with Crippen LogP contribution in [0, 0.1) is 0 Å². The summed E-state index contributed by atoms with van der Waals surface area (Å²) in [5.74, 6) is -2.60. The van der Waals surface area contributed by atoms with Gasteiger partial charge >= 0.3 is 18.0 Å². The molecule has 0 bridgehead atoms. The highest BCUT2D eigenvalue weighted by Crippen LogP contribution is 2.22. The molecule has 0 radical (unpaired) electrons. The van der Waals surface area contributed by atoms with Gasteiger partial charge in [0.15, 0.2) is 0 Å². The number of rotatable bonds is 4. The summed E-state index contributed by atoms with van der Waals surface area (Å²) in [7, 11) is 0. The first-order valence-corrected chi connectivity index (χ1v) is 6.36. The largest absolute Gasteiger partial charge is 0.481 e. The maximum absolute atomic E-state index is 12.1. The third-order valence-corrected chi connectivity index (χ3v) is 3.40. The molecule has 1 rings (SSSR count). The van der Waals surface area contributed by atoms with E-state index in [1.165, 1.54) is 0 Å². The average molecular weight is 272 g/mol. The van der Waals surface area contributed by atoms with Gasteiger partial charge in [-0.1, -0.05) is 0 Å². The molecule has 0 aliphatic carbocycles. The van der Waals surface area contributed by atoms with Gasteiger partial charge in [0.1, 0.15) is 6.04 Å². The molecule has 2 amide bonds. The first kappa shape index (κ1) is 15.3. The number of hydrogen-bond acceptors (Lipinski definition) is 3. The highest BCUT2D eigenvalue weighted by atomic mass is 16.4. The molecule has 1 fully saturated rings. The Morgan fingerprint density at radius 1 is 1.21 bits per heavy atom. The van der Waals surface area contributed by atoms with Crippen LogP contribution in [-0.4, -0.2) is 51.2 Å². The lowest BCUT2D eigenvalue weighted by Gasteiger charge is -2.39. The second-order valence-corrected chi connectivity index (χ2v) is 4.97. The second kappa shape index (κ2) is 6.40. The minimum Gasteiger partial charge on any atom is -0.481 e. The van der Waals surface area contributed by atoms with Crippen LogP contribution >= 0.6 is 0 Å². The van der Waals surface area contributed by atoms with Crippen LogP contribution in [0.15, 0.2) is 0 Å². The second-order valence-electron chi connectivity index (χ2n) is 4.97. The Bertz CT molecular complexity index is 361. The zero-order valence-corrected chi connectivity index (χ0v) is 11.1.